The highest BCUT2D eigenvalue weighted by Gasteiger charge is 2.39. The lowest BCUT2D eigenvalue weighted by Crippen LogP contribution is -2.46. The molecule has 0 aromatic heterocycles. The normalized spacial score (nSPS) is 24.0. The van der Waals surface area contributed by atoms with Crippen LogP contribution in [0.15, 0.2) is 34.3 Å². The molecule has 0 saturated carbocycles. The van der Waals surface area contributed by atoms with Crippen LogP contribution in [0.4, 0.5) is 0 Å². The third-order valence-corrected chi connectivity index (χ3v) is 4.04. The lowest BCUT2D eigenvalue weighted by atomic mass is 9.90. The van der Waals surface area contributed by atoms with Crippen LogP contribution in [-0.2, 0) is 15.9 Å². The average molecular weight is 318 g/mol. The van der Waals surface area contributed by atoms with E-state index < -0.39 is 5.54 Å². The van der Waals surface area contributed by atoms with Crippen molar-refractivity contribution in [2.45, 2.75) is 38.8 Å². The lowest BCUT2D eigenvalue weighted by Gasteiger charge is -2.33. The molecular formula is C18H26N2O3. The summed E-state index contributed by atoms with van der Waals surface area (Å²) in [6.45, 7) is 6.21. The number of methoxy groups -OCH3 is 3. The van der Waals surface area contributed by atoms with Crippen molar-refractivity contribution >= 4 is 11.8 Å². The van der Waals surface area contributed by atoms with Crippen molar-refractivity contribution in [1.82, 2.24) is 0 Å². The summed E-state index contributed by atoms with van der Waals surface area (Å²) in [6.07, 6.45) is 0.661. The molecule has 1 aromatic carbocycles. The largest absolute Gasteiger partial charge is 0.497 e. The van der Waals surface area contributed by atoms with Crippen LogP contribution in [0.5, 0.6) is 5.75 Å². The molecule has 0 radical (unpaired) electrons. The van der Waals surface area contributed by atoms with Gasteiger partial charge in [0.05, 0.1) is 21.3 Å². The maximum Gasteiger partial charge on any atom is 0.212 e. The molecule has 126 valence electrons. The van der Waals surface area contributed by atoms with Crippen molar-refractivity contribution in [1.29, 1.82) is 0 Å². The van der Waals surface area contributed by atoms with Crippen LogP contribution in [-0.4, -0.2) is 44.7 Å². The van der Waals surface area contributed by atoms with Gasteiger partial charge < -0.3 is 14.2 Å². The topological polar surface area (TPSA) is 52.4 Å². The smallest absolute Gasteiger partial charge is 0.212 e. The minimum absolute atomic E-state index is 0.103. The van der Waals surface area contributed by atoms with E-state index in [1.54, 1.807) is 21.3 Å². The minimum Gasteiger partial charge on any atom is -0.497 e. The van der Waals surface area contributed by atoms with Gasteiger partial charge in [-0.15, -0.1) is 0 Å². The molecule has 5 heteroatoms. The van der Waals surface area contributed by atoms with E-state index in [1.807, 2.05) is 25.1 Å². The fraction of sp³-hybridized carbons (Fsp3) is 0.556. The molecule has 5 nitrogen and oxygen atoms in total. The fourth-order valence-corrected chi connectivity index (χ4v) is 2.85. The second kappa shape index (κ2) is 7.02. The molecule has 1 aromatic rings. The van der Waals surface area contributed by atoms with Gasteiger partial charge in [0.1, 0.15) is 17.3 Å². The first-order chi connectivity index (χ1) is 10.9. The van der Waals surface area contributed by atoms with E-state index >= 15 is 0 Å². The van der Waals surface area contributed by atoms with Crippen LogP contribution in [0.1, 0.15) is 26.3 Å². The first kappa shape index (κ1) is 17.3. The molecule has 0 amide bonds. The zero-order valence-corrected chi connectivity index (χ0v) is 14.8. The van der Waals surface area contributed by atoms with Crippen LogP contribution in [0, 0.1) is 5.92 Å². The molecule has 2 rings (SSSR count). The molecule has 0 bridgehead atoms. The maximum atomic E-state index is 5.56. The van der Waals surface area contributed by atoms with Gasteiger partial charge in [0, 0.05) is 6.42 Å². The lowest BCUT2D eigenvalue weighted by molar-refractivity contribution is 0.309. The summed E-state index contributed by atoms with van der Waals surface area (Å²) in [5, 5.41) is 0. The van der Waals surface area contributed by atoms with E-state index in [9.17, 15) is 0 Å². The van der Waals surface area contributed by atoms with Crippen molar-refractivity contribution in [3.05, 3.63) is 29.8 Å². The second-order valence-electron chi connectivity index (χ2n) is 6.28. The second-order valence-corrected chi connectivity index (χ2v) is 6.28. The van der Waals surface area contributed by atoms with Gasteiger partial charge in [-0.05, 0) is 30.5 Å². The first-order valence-corrected chi connectivity index (χ1v) is 7.82. The van der Waals surface area contributed by atoms with E-state index in [-0.39, 0.29) is 6.04 Å². The van der Waals surface area contributed by atoms with Crippen molar-refractivity contribution < 1.29 is 14.2 Å². The quantitative estimate of drug-likeness (QED) is 0.857. The summed E-state index contributed by atoms with van der Waals surface area (Å²) in [5.74, 6) is 2.42. The summed E-state index contributed by atoms with van der Waals surface area (Å²) < 4.78 is 16.4. The first-order valence-electron chi connectivity index (χ1n) is 7.82. The number of ether oxygens (including phenoxy) is 3. The van der Waals surface area contributed by atoms with Gasteiger partial charge in [-0.3, -0.25) is 0 Å². The summed E-state index contributed by atoms with van der Waals surface area (Å²) in [7, 11) is 4.96. The number of aliphatic imine (C=N–C) groups is 2. The Morgan fingerprint density at radius 2 is 1.87 bits per heavy atom. The van der Waals surface area contributed by atoms with Crippen LogP contribution in [0.25, 0.3) is 0 Å². The van der Waals surface area contributed by atoms with Gasteiger partial charge >= 0.3 is 0 Å². The van der Waals surface area contributed by atoms with Crippen LogP contribution in [0.3, 0.4) is 0 Å². The molecule has 0 spiro atoms. The van der Waals surface area contributed by atoms with Gasteiger partial charge in [0.2, 0.25) is 11.8 Å². The summed E-state index contributed by atoms with van der Waals surface area (Å²) in [6, 6.07) is 7.86. The Labute approximate surface area is 138 Å². The molecule has 1 aliphatic heterocycles. The minimum atomic E-state index is -0.585. The van der Waals surface area contributed by atoms with Crippen molar-refractivity contribution in [2.24, 2.45) is 15.9 Å². The average Bonchev–Trinajstić information content (AvgIpc) is 2.54. The van der Waals surface area contributed by atoms with Crippen LogP contribution in [0.2, 0.25) is 0 Å². The van der Waals surface area contributed by atoms with E-state index in [1.165, 1.54) is 0 Å². The molecule has 1 aliphatic rings. The van der Waals surface area contributed by atoms with Crippen molar-refractivity contribution in [3.63, 3.8) is 0 Å². The number of hydrogen-bond donors (Lipinski definition) is 0. The predicted octanol–water partition coefficient (Wildman–Crippen LogP) is 3.12. The van der Waals surface area contributed by atoms with E-state index in [4.69, 9.17) is 24.2 Å². The molecule has 0 aliphatic carbocycles. The molecule has 0 fully saturated rings. The Kier molecular flexibility index (Phi) is 5.29. The van der Waals surface area contributed by atoms with Gasteiger partial charge in [0.25, 0.3) is 0 Å². The van der Waals surface area contributed by atoms with Crippen molar-refractivity contribution in [2.75, 3.05) is 21.3 Å². The Hall–Kier alpha value is -2.04. The number of benzene rings is 1. The Morgan fingerprint density at radius 3 is 2.43 bits per heavy atom. The third-order valence-electron chi connectivity index (χ3n) is 4.04. The summed E-state index contributed by atoms with van der Waals surface area (Å²) >= 11 is 0. The Balaban J connectivity index is 2.37. The van der Waals surface area contributed by atoms with Gasteiger partial charge in [-0.2, -0.15) is 0 Å². The van der Waals surface area contributed by atoms with Crippen LogP contribution < -0.4 is 4.74 Å². The zero-order valence-electron chi connectivity index (χ0n) is 14.8. The van der Waals surface area contributed by atoms with E-state index in [0.717, 1.165) is 11.3 Å². The van der Waals surface area contributed by atoms with E-state index in [2.05, 4.69) is 19.9 Å². The van der Waals surface area contributed by atoms with Crippen LogP contribution >= 0.6 is 0 Å². The number of nitrogens with zero attached hydrogens (tertiary/aromatic N) is 2. The van der Waals surface area contributed by atoms with Crippen molar-refractivity contribution in [3.8, 4) is 5.75 Å². The van der Waals surface area contributed by atoms with Gasteiger partial charge in [-0.25, -0.2) is 9.98 Å². The molecular weight excluding hydrogens is 292 g/mol. The number of rotatable bonds is 4. The molecule has 2 atom stereocenters. The summed E-state index contributed by atoms with van der Waals surface area (Å²) in [5.41, 5.74) is 0.525. The Bertz CT molecular complexity index is 610. The zero-order chi connectivity index (χ0) is 17.0. The van der Waals surface area contributed by atoms with Gasteiger partial charge in [-0.1, -0.05) is 26.0 Å². The third kappa shape index (κ3) is 3.66. The molecule has 1 heterocycles. The standard InChI is InChI=1S/C18H26N2O3/c1-12(2)15-16(22-5)20-18(3,17(19-15)23-6)11-13-8-7-9-14(10-13)21-4/h7-10,12,15H,11H2,1-6H3/t15-,18+/m0/s1. The summed E-state index contributed by atoms with van der Waals surface area (Å²) in [4.78, 5) is 9.59. The monoisotopic (exact) mass is 318 g/mol. The molecule has 0 saturated heterocycles. The molecule has 23 heavy (non-hydrogen) atoms. The number of hydrogen-bond acceptors (Lipinski definition) is 5. The SMILES string of the molecule is COC1=N[C@](C)(Cc2cccc(OC)c2)C(OC)=N[C@H]1C(C)C. The predicted molar refractivity (Wildman–Crippen MR) is 92.6 cm³/mol. The highest BCUT2D eigenvalue weighted by molar-refractivity contribution is 5.96. The van der Waals surface area contributed by atoms with E-state index in [0.29, 0.717) is 24.1 Å². The maximum absolute atomic E-state index is 5.56. The highest BCUT2D eigenvalue weighted by Crippen LogP contribution is 2.28. The fourth-order valence-electron chi connectivity index (χ4n) is 2.85. The van der Waals surface area contributed by atoms with Gasteiger partial charge in [0.15, 0.2) is 0 Å². The molecule has 0 N–H and O–H groups in total. The Morgan fingerprint density at radius 1 is 1.13 bits per heavy atom. The molecule has 0 unspecified atom stereocenters. The highest BCUT2D eigenvalue weighted by atomic mass is 16.5.